The fraction of sp³-hybridized carbons (Fsp3) is 0.323. The van der Waals surface area contributed by atoms with Crippen LogP contribution in [-0.2, 0) is 44.2 Å². The minimum Gasteiger partial charge on any atom is -0.460 e. The number of hydrogen-bond acceptors (Lipinski definition) is 11. The van der Waals surface area contributed by atoms with E-state index in [0.29, 0.717) is 29.1 Å². The summed E-state index contributed by atoms with van der Waals surface area (Å²) in [6, 6.07) is 14.0. The van der Waals surface area contributed by atoms with Gasteiger partial charge in [0.1, 0.15) is 28.8 Å². The predicted octanol–water partition coefficient (Wildman–Crippen LogP) is 3.33. The number of carbonyl (C=O) groups excluding carboxylic acids is 3. The van der Waals surface area contributed by atoms with Crippen LogP contribution >= 0.6 is 0 Å². The smallest absolute Gasteiger partial charge is 0.433 e. The van der Waals surface area contributed by atoms with Crippen LogP contribution in [0, 0.1) is 10.1 Å². The molecule has 0 N–H and O–H groups in total. The Labute approximate surface area is 260 Å². The van der Waals surface area contributed by atoms with Gasteiger partial charge < -0.3 is 33.0 Å². The lowest BCUT2D eigenvalue weighted by molar-refractivity contribution is -0.402. The van der Waals surface area contributed by atoms with E-state index >= 15 is 0 Å². The average molecular weight is 630 g/mol. The van der Waals surface area contributed by atoms with Crippen LogP contribution in [0.3, 0.4) is 0 Å². The Kier molecular flexibility index (Phi) is 6.76. The van der Waals surface area contributed by atoms with Gasteiger partial charge in [0.15, 0.2) is 6.61 Å². The number of aromatic nitrogens is 2. The number of nitrogens with zero attached hydrogens (tertiary/aromatic N) is 5. The number of furan rings is 1. The molecular weight excluding hydrogens is 602 g/mol. The van der Waals surface area contributed by atoms with Crippen LogP contribution in [0.15, 0.2) is 57.7 Å². The minimum atomic E-state index is -1.29. The lowest BCUT2D eigenvalue weighted by atomic mass is 9.89. The second-order valence-corrected chi connectivity index (χ2v) is 11.5. The van der Waals surface area contributed by atoms with Crippen molar-refractivity contribution in [3.8, 4) is 11.4 Å². The summed E-state index contributed by atoms with van der Waals surface area (Å²) in [5.41, 5.74) is 2.26. The van der Waals surface area contributed by atoms with Gasteiger partial charge in [-0.1, -0.05) is 18.2 Å². The number of nitro groups is 1. The highest BCUT2D eigenvalue weighted by Gasteiger charge is 2.68. The summed E-state index contributed by atoms with van der Waals surface area (Å²) in [6.45, 7) is 0.0318. The standard InChI is InChI=1S/C31H27N5O10/c1-33(29(39)44-15-19-7-8-25(45-19)36(41)42)9-10-34(2)30(40)46-24-13-31(24)21-12-23-26-18(11-17-5-3-4-6-22(17)32-26)14-35(23)27(37)20(21)16-43-28(31)38/h3-8,11-12,24H,9-10,13-16H2,1-2H3/t24-,31+/m0/s1. The molecule has 236 valence electrons. The highest BCUT2D eigenvalue weighted by molar-refractivity contribution is 5.92. The number of carbonyl (C=O) groups is 3. The van der Waals surface area contributed by atoms with Crippen LogP contribution in [-0.4, -0.2) is 75.7 Å². The normalized spacial score (nSPS) is 18.7. The number of cyclic esters (lactones) is 1. The van der Waals surface area contributed by atoms with Crippen molar-refractivity contribution in [3.05, 3.63) is 91.4 Å². The molecule has 0 unspecified atom stereocenters. The molecule has 1 aliphatic carbocycles. The number of rotatable bonds is 7. The van der Waals surface area contributed by atoms with Crippen molar-refractivity contribution >= 4 is 34.9 Å². The number of para-hydroxylation sites is 1. The predicted molar refractivity (Wildman–Crippen MR) is 158 cm³/mol. The molecule has 2 aliphatic heterocycles. The average Bonchev–Trinajstić information content (AvgIpc) is 3.36. The molecule has 0 radical (unpaired) electrons. The van der Waals surface area contributed by atoms with Crippen molar-refractivity contribution < 1.29 is 37.9 Å². The molecule has 46 heavy (non-hydrogen) atoms. The van der Waals surface area contributed by atoms with Gasteiger partial charge in [0, 0.05) is 44.6 Å². The molecule has 15 nitrogen and oxygen atoms in total. The third-order valence-corrected chi connectivity index (χ3v) is 8.67. The van der Waals surface area contributed by atoms with E-state index in [4.69, 9.17) is 23.6 Å². The van der Waals surface area contributed by atoms with Crippen molar-refractivity contribution in [1.82, 2.24) is 19.4 Å². The topological polar surface area (TPSA) is 177 Å². The summed E-state index contributed by atoms with van der Waals surface area (Å²) in [4.78, 5) is 69.5. The van der Waals surface area contributed by atoms with E-state index in [1.54, 1.807) is 4.57 Å². The molecule has 3 aliphatic rings. The molecule has 0 bridgehead atoms. The molecule has 5 heterocycles. The first-order valence-electron chi connectivity index (χ1n) is 14.4. The fourth-order valence-corrected chi connectivity index (χ4v) is 5.98. The Morgan fingerprint density at radius 1 is 1.11 bits per heavy atom. The largest absolute Gasteiger partial charge is 0.460 e. The first-order valence-corrected chi connectivity index (χ1v) is 14.4. The van der Waals surface area contributed by atoms with E-state index in [1.807, 2.05) is 36.4 Å². The van der Waals surface area contributed by atoms with Crippen LogP contribution in [0.5, 0.6) is 0 Å². The van der Waals surface area contributed by atoms with Gasteiger partial charge >= 0.3 is 24.0 Å². The van der Waals surface area contributed by atoms with E-state index in [1.165, 1.54) is 30.0 Å². The zero-order valence-corrected chi connectivity index (χ0v) is 24.8. The molecule has 1 saturated carbocycles. The quantitative estimate of drug-likeness (QED) is 0.112. The van der Waals surface area contributed by atoms with Crippen molar-refractivity contribution in [1.29, 1.82) is 0 Å². The van der Waals surface area contributed by atoms with Gasteiger partial charge in [-0.3, -0.25) is 19.7 Å². The van der Waals surface area contributed by atoms with Gasteiger partial charge in [0.05, 0.1) is 35.1 Å². The lowest BCUT2D eigenvalue weighted by Gasteiger charge is -2.26. The Morgan fingerprint density at radius 2 is 1.87 bits per heavy atom. The molecule has 7 rings (SSSR count). The number of benzene rings is 1. The fourth-order valence-electron chi connectivity index (χ4n) is 5.98. The van der Waals surface area contributed by atoms with Crippen molar-refractivity contribution in [2.24, 2.45) is 0 Å². The zero-order valence-electron chi connectivity index (χ0n) is 24.8. The number of fused-ring (bicyclic) bond motifs is 6. The zero-order chi connectivity index (χ0) is 32.3. The Hall–Kier alpha value is -5.73. The van der Waals surface area contributed by atoms with Gasteiger partial charge in [0.2, 0.25) is 0 Å². The van der Waals surface area contributed by atoms with E-state index in [0.717, 1.165) is 22.5 Å². The van der Waals surface area contributed by atoms with Gasteiger partial charge in [-0.25, -0.2) is 14.6 Å². The maximum absolute atomic E-state index is 13.6. The molecular formula is C31H27N5O10. The number of pyridine rings is 2. The Balaban J connectivity index is 1.02. The van der Waals surface area contributed by atoms with Crippen molar-refractivity contribution in [2.45, 2.75) is 37.7 Å². The Morgan fingerprint density at radius 3 is 2.63 bits per heavy atom. The molecule has 2 atom stereocenters. The van der Waals surface area contributed by atoms with Gasteiger partial charge in [0.25, 0.3) is 5.56 Å². The van der Waals surface area contributed by atoms with Crippen LogP contribution in [0.2, 0.25) is 0 Å². The van der Waals surface area contributed by atoms with Gasteiger partial charge in [-0.2, -0.15) is 0 Å². The first kappa shape index (κ1) is 29.0. The highest BCUT2D eigenvalue weighted by Crippen LogP contribution is 2.55. The van der Waals surface area contributed by atoms with E-state index in [2.05, 4.69) is 0 Å². The number of esters is 1. The second-order valence-electron chi connectivity index (χ2n) is 11.5. The van der Waals surface area contributed by atoms with Crippen LogP contribution in [0.25, 0.3) is 22.3 Å². The first-order chi connectivity index (χ1) is 22.1. The maximum atomic E-state index is 13.6. The van der Waals surface area contributed by atoms with Gasteiger partial charge in [-0.05, 0) is 29.8 Å². The van der Waals surface area contributed by atoms with Crippen LogP contribution < -0.4 is 5.56 Å². The SMILES string of the molecule is CN(CCN(C)C(=O)O[C@H]1C[C@]12C(=O)OCc1c2cc2n(c1=O)Cc1cc3ccccc3nc1-2)C(=O)OCc1ccc([N+](=O)[O-])o1. The molecule has 4 aromatic rings. The molecule has 3 aromatic heterocycles. The third-order valence-electron chi connectivity index (χ3n) is 8.67. The van der Waals surface area contributed by atoms with Crippen molar-refractivity contribution in [3.63, 3.8) is 0 Å². The molecule has 15 heteroatoms. The third kappa shape index (κ3) is 4.71. The summed E-state index contributed by atoms with van der Waals surface area (Å²) >= 11 is 0. The van der Waals surface area contributed by atoms with Crippen molar-refractivity contribution in [2.75, 3.05) is 27.2 Å². The van der Waals surface area contributed by atoms with Gasteiger partial charge in [-0.15, -0.1) is 0 Å². The van der Waals surface area contributed by atoms with Crippen LogP contribution in [0.4, 0.5) is 15.5 Å². The maximum Gasteiger partial charge on any atom is 0.433 e. The summed E-state index contributed by atoms with van der Waals surface area (Å²) in [7, 11) is 2.95. The molecule has 1 spiro atoms. The van der Waals surface area contributed by atoms with E-state index < -0.39 is 40.5 Å². The number of ether oxygens (including phenoxy) is 3. The van der Waals surface area contributed by atoms with E-state index in [-0.39, 0.29) is 44.0 Å². The monoisotopic (exact) mass is 629 g/mol. The number of likely N-dealkylation sites (N-methyl/N-ethyl adjacent to an activating group) is 2. The summed E-state index contributed by atoms with van der Waals surface area (Å²) in [6.07, 6.45) is -2.13. The number of amides is 2. The Bertz CT molecular complexity index is 2020. The number of hydrogen-bond donors (Lipinski definition) is 0. The molecule has 0 saturated heterocycles. The van der Waals surface area contributed by atoms with E-state index in [9.17, 15) is 29.3 Å². The summed E-state index contributed by atoms with van der Waals surface area (Å²) in [5.74, 6) is -0.912. The van der Waals surface area contributed by atoms with Crippen LogP contribution in [0.1, 0.15) is 28.9 Å². The molecule has 1 aromatic carbocycles. The molecule has 2 amide bonds. The lowest BCUT2D eigenvalue weighted by Crippen LogP contribution is -2.41. The minimum absolute atomic E-state index is 0.0721. The molecule has 1 fully saturated rings. The summed E-state index contributed by atoms with van der Waals surface area (Å²) < 4.78 is 22.9. The second kappa shape index (κ2) is 10.7. The highest BCUT2D eigenvalue weighted by atomic mass is 16.7. The summed E-state index contributed by atoms with van der Waals surface area (Å²) in [5, 5.41) is 11.7.